The van der Waals surface area contributed by atoms with Crippen molar-refractivity contribution >= 4 is 44.9 Å². The van der Waals surface area contributed by atoms with Crippen molar-refractivity contribution in [3.05, 3.63) is 74.6 Å². The Hall–Kier alpha value is -3.39. The smallest absolute Gasteiger partial charge is 0.349 e. The Labute approximate surface area is 199 Å². The van der Waals surface area contributed by atoms with E-state index >= 15 is 0 Å². The lowest BCUT2D eigenvalue weighted by molar-refractivity contribution is -0.128. The maximum atomic E-state index is 12.3. The minimum absolute atomic E-state index is 0.0644. The first kappa shape index (κ1) is 24.3. The molecule has 0 aliphatic carbocycles. The van der Waals surface area contributed by atoms with Gasteiger partial charge in [0.15, 0.2) is 0 Å². The number of unbranched alkanes of at least 4 members (excludes halogenated alkanes) is 1. The molecule has 0 unspecified atom stereocenters. The molecule has 33 heavy (non-hydrogen) atoms. The fourth-order valence-electron chi connectivity index (χ4n) is 3.03. The number of esters is 1. The summed E-state index contributed by atoms with van der Waals surface area (Å²) in [7, 11) is 0. The van der Waals surface area contributed by atoms with Gasteiger partial charge in [-0.05, 0) is 55.8 Å². The number of nitrogens with one attached hydrogen (secondary N) is 1. The summed E-state index contributed by atoms with van der Waals surface area (Å²) in [5, 5.41) is 3.24. The average Bonchev–Trinajstić information content (AvgIpc) is 2.79. The van der Waals surface area contributed by atoms with E-state index < -0.39 is 17.5 Å². The SMILES string of the molecule is CCCCNC(=O)c1cc2ccc(OC(=O)/C=C/c3cc(Br)ccc3OCC)cc2oc1=O. The third kappa shape index (κ3) is 6.55. The van der Waals surface area contributed by atoms with Crippen molar-refractivity contribution in [3.63, 3.8) is 0 Å². The predicted octanol–water partition coefficient (Wildman–Crippen LogP) is 5.10. The van der Waals surface area contributed by atoms with Gasteiger partial charge in [0.05, 0.1) is 6.61 Å². The highest BCUT2D eigenvalue weighted by atomic mass is 79.9. The molecule has 1 amide bonds. The number of benzene rings is 2. The Kier molecular flexibility index (Phi) is 8.43. The second kappa shape index (κ2) is 11.5. The zero-order valence-corrected chi connectivity index (χ0v) is 19.9. The first-order valence-corrected chi connectivity index (χ1v) is 11.4. The van der Waals surface area contributed by atoms with E-state index in [1.54, 1.807) is 18.2 Å². The van der Waals surface area contributed by atoms with E-state index in [0.29, 0.717) is 24.3 Å². The molecule has 0 atom stereocenters. The quantitative estimate of drug-likeness (QED) is 0.140. The molecule has 1 heterocycles. The molecule has 2 aromatic carbocycles. The monoisotopic (exact) mass is 513 g/mol. The molecule has 0 aliphatic heterocycles. The molecule has 0 bridgehead atoms. The van der Waals surface area contributed by atoms with E-state index in [-0.39, 0.29) is 16.9 Å². The molecule has 3 aromatic rings. The van der Waals surface area contributed by atoms with Crippen LogP contribution in [0.1, 0.15) is 42.6 Å². The number of amides is 1. The van der Waals surface area contributed by atoms with Gasteiger partial charge in [-0.25, -0.2) is 9.59 Å². The standard InChI is InChI=1S/C25H24BrNO6/c1-3-5-12-27-24(29)20-14-17-6-9-19(15-22(17)33-25(20)30)32-23(28)11-7-16-13-18(26)8-10-21(16)31-4-2/h6-11,13-15H,3-5,12H2,1-2H3,(H,27,29)/b11-7+. The molecule has 1 aromatic heterocycles. The molecule has 8 heteroatoms. The van der Waals surface area contributed by atoms with Gasteiger partial charge in [0.25, 0.3) is 5.91 Å². The summed E-state index contributed by atoms with van der Waals surface area (Å²) in [5.74, 6) is -0.226. The van der Waals surface area contributed by atoms with Crippen molar-refractivity contribution in [3.8, 4) is 11.5 Å². The fourth-order valence-corrected chi connectivity index (χ4v) is 3.41. The summed E-state index contributed by atoms with van der Waals surface area (Å²) in [6.45, 7) is 4.87. The predicted molar refractivity (Wildman–Crippen MR) is 130 cm³/mol. The summed E-state index contributed by atoms with van der Waals surface area (Å²) in [5.41, 5.74) is 0.117. The van der Waals surface area contributed by atoms with Crippen LogP contribution in [0.5, 0.6) is 11.5 Å². The number of carbonyl (C=O) groups is 2. The molecule has 7 nitrogen and oxygen atoms in total. The summed E-state index contributed by atoms with van der Waals surface area (Å²) in [6, 6.07) is 11.6. The number of hydrogen-bond acceptors (Lipinski definition) is 6. The van der Waals surface area contributed by atoms with Gasteiger partial charge in [0, 0.05) is 34.1 Å². The Bertz CT molecular complexity index is 1250. The normalized spacial score (nSPS) is 11.0. The van der Waals surface area contributed by atoms with Gasteiger partial charge in [0.2, 0.25) is 0 Å². The van der Waals surface area contributed by atoms with Crippen LogP contribution in [0.3, 0.4) is 0 Å². The van der Waals surface area contributed by atoms with Crippen LogP contribution in [-0.2, 0) is 4.79 Å². The van der Waals surface area contributed by atoms with Gasteiger partial charge in [-0.2, -0.15) is 0 Å². The lowest BCUT2D eigenvalue weighted by atomic mass is 10.1. The zero-order valence-electron chi connectivity index (χ0n) is 18.4. The molecule has 0 radical (unpaired) electrons. The molecule has 3 rings (SSSR count). The van der Waals surface area contributed by atoms with E-state index in [2.05, 4.69) is 21.2 Å². The number of ether oxygens (including phenoxy) is 2. The molecule has 172 valence electrons. The third-order valence-electron chi connectivity index (χ3n) is 4.66. The molecule has 0 spiro atoms. The van der Waals surface area contributed by atoms with Gasteiger partial charge in [-0.15, -0.1) is 0 Å². The van der Waals surface area contributed by atoms with Crippen LogP contribution in [-0.4, -0.2) is 25.0 Å². The fraction of sp³-hybridized carbons (Fsp3) is 0.240. The van der Waals surface area contributed by atoms with Gasteiger partial charge < -0.3 is 19.2 Å². The van der Waals surface area contributed by atoms with E-state index in [0.717, 1.165) is 22.9 Å². The summed E-state index contributed by atoms with van der Waals surface area (Å²) in [4.78, 5) is 36.8. The van der Waals surface area contributed by atoms with Crippen LogP contribution in [0.4, 0.5) is 0 Å². The maximum absolute atomic E-state index is 12.3. The van der Waals surface area contributed by atoms with Crippen LogP contribution in [0, 0.1) is 0 Å². The molecule has 1 N–H and O–H groups in total. The highest BCUT2D eigenvalue weighted by Crippen LogP contribution is 2.25. The van der Waals surface area contributed by atoms with Crippen LogP contribution in [0.25, 0.3) is 17.0 Å². The maximum Gasteiger partial charge on any atom is 0.349 e. The summed E-state index contributed by atoms with van der Waals surface area (Å²) < 4.78 is 17.0. The largest absolute Gasteiger partial charge is 0.493 e. The topological polar surface area (TPSA) is 94.8 Å². The molecule has 0 saturated carbocycles. The van der Waals surface area contributed by atoms with Crippen LogP contribution in [0.15, 0.2) is 62.2 Å². The zero-order chi connectivity index (χ0) is 23.8. The molecular weight excluding hydrogens is 490 g/mol. The Morgan fingerprint density at radius 3 is 2.70 bits per heavy atom. The first-order valence-electron chi connectivity index (χ1n) is 10.6. The highest BCUT2D eigenvalue weighted by molar-refractivity contribution is 9.10. The number of rotatable bonds is 9. The lowest BCUT2D eigenvalue weighted by Crippen LogP contribution is -2.28. The first-order chi connectivity index (χ1) is 15.9. The van der Waals surface area contributed by atoms with E-state index in [4.69, 9.17) is 13.9 Å². The second-order valence-electron chi connectivity index (χ2n) is 7.13. The van der Waals surface area contributed by atoms with Crippen LogP contribution >= 0.6 is 15.9 Å². The van der Waals surface area contributed by atoms with Crippen molar-refractivity contribution in [1.82, 2.24) is 5.32 Å². The Morgan fingerprint density at radius 1 is 1.12 bits per heavy atom. The summed E-state index contributed by atoms with van der Waals surface area (Å²) >= 11 is 3.40. The van der Waals surface area contributed by atoms with Crippen molar-refractivity contribution < 1.29 is 23.5 Å². The van der Waals surface area contributed by atoms with Crippen molar-refractivity contribution in [2.45, 2.75) is 26.7 Å². The highest BCUT2D eigenvalue weighted by Gasteiger charge is 2.14. The molecule has 0 fully saturated rings. The number of halogens is 1. The number of hydrogen-bond donors (Lipinski definition) is 1. The lowest BCUT2D eigenvalue weighted by Gasteiger charge is -2.07. The van der Waals surface area contributed by atoms with Crippen LogP contribution in [0.2, 0.25) is 0 Å². The molecule has 0 aliphatic rings. The second-order valence-corrected chi connectivity index (χ2v) is 8.04. The molecule has 0 saturated heterocycles. The van der Waals surface area contributed by atoms with Gasteiger partial charge in [-0.3, -0.25) is 4.79 Å². The van der Waals surface area contributed by atoms with Crippen molar-refractivity contribution in [2.24, 2.45) is 0 Å². The van der Waals surface area contributed by atoms with Crippen molar-refractivity contribution in [1.29, 1.82) is 0 Å². The van der Waals surface area contributed by atoms with E-state index in [1.165, 1.54) is 18.2 Å². The van der Waals surface area contributed by atoms with Gasteiger partial charge in [-0.1, -0.05) is 29.3 Å². The Morgan fingerprint density at radius 2 is 1.94 bits per heavy atom. The number of carbonyl (C=O) groups excluding carboxylic acids is 2. The third-order valence-corrected chi connectivity index (χ3v) is 5.15. The minimum Gasteiger partial charge on any atom is -0.493 e. The van der Waals surface area contributed by atoms with Gasteiger partial charge in [0.1, 0.15) is 22.6 Å². The van der Waals surface area contributed by atoms with E-state index in [9.17, 15) is 14.4 Å². The van der Waals surface area contributed by atoms with E-state index in [1.807, 2.05) is 32.0 Å². The molecular formula is C25H24BrNO6. The van der Waals surface area contributed by atoms with Crippen molar-refractivity contribution in [2.75, 3.05) is 13.2 Å². The summed E-state index contributed by atoms with van der Waals surface area (Å²) in [6.07, 6.45) is 4.64. The average molecular weight is 514 g/mol. The Balaban J connectivity index is 1.75. The van der Waals surface area contributed by atoms with Crippen LogP contribution < -0.4 is 20.4 Å². The minimum atomic E-state index is -0.752. The number of fused-ring (bicyclic) bond motifs is 1. The van der Waals surface area contributed by atoms with Gasteiger partial charge >= 0.3 is 11.6 Å².